The third-order valence-electron chi connectivity index (χ3n) is 5.35. The van der Waals surface area contributed by atoms with Crippen molar-refractivity contribution in [2.45, 2.75) is 26.2 Å². The largest absolute Gasteiger partial charge is 0.439 e. The highest BCUT2D eigenvalue weighted by molar-refractivity contribution is 5.95. The summed E-state index contributed by atoms with van der Waals surface area (Å²) in [6, 6.07) is 11.4. The van der Waals surface area contributed by atoms with Crippen molar-refractivity contribution in [3.05, 3.63) is 48.2 Å². The van der Waals surface area contributed by atoms with E-state index < -0.39 is 0 Å². The number of nitrogens with one attached hydrogen (secondary N) is 2. The standard InChI is InChI=1S/C20H23N3O2/c1-14-2-5-16(6-3-14)25-18-7-4-15(13-22-18)23-19(24)17-12-20(17)8-10-21-11-9-20/h2-7,13,17,21H,8-12H2,1H3,(H,23,24). The fraction of sp³-hybridized carbons (Fsp3) is 0.400. The molecule has 1 aromatic carbocycles. The first-order valence-corrected chi connectivity index (χ1v) is 8.87. The average molecular weight is 337 g/mol. The minimum atomic E-state index is 0.121. The Balaban J connectivity index is 1.34. The van der Waals surface area contributed by atoms with E-state index in [4.69, 9.17) is 4.74 Å². The van der Waals surface area contributed by atoms with E-state index in [1.54, 1.807) is 12.3 Å². The van der Waals surface area contributed by atoms with E-state index in [0.717, 1.165) is 43.8 Å². The second kappa shape index (κ2) is 6.48. The molecule has 1 atom stereocenters. The van der Waals surface area contributed by atoms with Crippen LogP contribution in [0.5, 0.6) is 11.6 Å². The normalized spacial score (nSPS) is 20.9. The molecule has 1 aliphatic heterocycles. The van der Waals surface area contributed by atoms with E-state index in [9.17, 15) is 4.79 Å². The summed E-state index contributed by atoms with van der Waals surface area (Å²) in [5.41, 5.74) is 2.15. The number of hydrogen-bond donors (Lipinski definition) is 2. The van der Waals surface area contributed by atoms with Gasteiger partial charge in [0.1, 0.15) is 5.75 Å². The fourth-order valence-electron chi connectivity index (χ4n) is 3.67. The molecule has 2 aliphatic rings. The highest BCUT2D eigenvalue weighted by atomic mass is 16.5. The molecule has 1 saturated carbocycles. The van der Waals surface area contributed by atoms with Crippen LogP contribution in [0.2, 0.25) is 0 Å². The summed E-state index contributed by atoms with van der Waals surface area (Å²) in [5, 5.41) is 6.36. The predicted octanol–water partition coefficient (Wildman–Crippen LogP) is 3.51. The molecule has 1 saturated heterocycles. The van der Waals surface area contributed by atoms with Crippen LogP contribution in [0, 0.1) is 18.3 Å². The minimum absolute atomic E-state index is 0.121. The number of rotatable bonds is 4. The topological polar surface area (TPSA) is 63.2 Å². The number of benzene rings is 1. The van der Waals surface area contributed by atoms with Crippen molar-refractivity contribution in [2.75, 3.05) is 18.4 Å². The van der Waals surface area contributed by atoms with E-state index in [-0.39, 0.29) is 17.2 Å². The van der Waals surface area contributed by atoms with E-state index >= 15 is 0 Å². The molecule has 2 fully saturated rings. The predicted molar refractivity (Wildman–Crippen MR) is 96.8 cm³/mol. The molecule has 5 nitrogen and oxygen atoms in total. The number of amides is 1. The number of piperidine rings is 1. The summed E-state index contributed by atoms with van der Waals surface area (Å²) < 4.78 is 5.71. The lowest BCUT2D eigenvalue weighted by Crippen LogP contribution is -2.31. The van der Waals surface area contributed by atoms with Gasteiger partial charge in [-0.1, -0.05) is 17.7 Å². The van der Waals surface area contributed by atoms with Crippen molar-refractivity contribution < 1.29 is 9.53 Å². The van der Waals surface area contributed by atoms with Gasteiger partial charge in [0, 0.05) is 12.0 Å². The Labute approximate surface area is 147 Å². The Morgan fingerprint density at radius 2 is 1.96 bits per heavy atom. The second-order valence-electron chi connectivity index (χ2n) is 7.16. The number of nitrogens with zero attached hydrogens (tertiary/aromatic N) is 1. The van der Waals surface area contributed by atoms with Gasteiger partial charge in [0.05, 0.1) is 11.9 Å². The third kappa shape index (κ3) is 3.51. The lowest BCUT2D eigenvalue weighted by molar-refractivity contribution is -0.118. The zero-order chi connectivity index (χ0) is 17.3. The van der Waals surface area contributed by atoms with Crippen LogP contribution in [-0.2, 0) is 4.79 Å². The summed E-state index contributed by atoms with van der Waals surface area (Å²) in [6.07, 6.45) is 4.88. The van der Waals surface area contributed by atoms with Crippen LogP contribution in [0.15, 0.2) is 42.6 Å². The highest BCUT2D eigenvalue weighted by Gasteiger charge is 2.57. The van der Waals surface area contributed by atoms with Crippen LogP contribution in [-0.4, -0.2) is 24.0 Å². The zero-order valence-electron chi connectivity index (χ0n) is 14.4. The van der Waals surface area contributed by atoms with Gasteiger partial charge in [-0.15, -0.1) is 0 Å². The summed E-state index contributed by atoms with van der Waals surface area (Å²) >= 11 is 0. The Morgan fingerprint density at radius 3 is 2.64 bits per heavy atom. The Morgan fingerprint density at radius 1 is 1.20 bits per heavy atom. The summed E-state index contributed by atoms with van der Waals surface area (Å²) in [6.45, 7) is 4.08. The number of carbonyl (C=O) groups is 1. The van der Waals surface area contributed by atoms with Gasteiger partial charge < -0.3 is 15.4 Å². The number of ether oxygens (including phenoxy) is 1. The lowest BCUT2D eigenvalue weighted by atomic mass is 9.92. The van der Waals surface area contributed by atoms with Crippen molar-refractivity contribution in [3.63, 3.8) is 0 Å². The van der Waals surface area contributed by atoms with E-state index in [1.165, 1.54) is 5.56 Å². The molecule has 2 heterocycles. The first-order valence-electron chi connectivity index (χ1n) is 8.87. The smallest absolute Gasteiger partial charge is 0.228 e. The maximum atomic E-state index is 12.5. The molecule has 1 spiro atoms. The zero-order valence-corrected chi connectivity index (χ0v) is 14.4. The van der Waals surface area contributed by atoms with Crippen LogP contribution >= 0.6 is 0 Å². The van der Waals surface area contributed by atoms with Crippen LogP contribution in [0.1, 0.15) is 24.8 Å². The summed E-state index contributed by atoms with van der Waals surface area (Å²) in [5.74, 6) is 1.54. The quantitative estimate of drug-likeness (QED) is 0.896. The molecule has 0 bridgehead atoms. The molecule has 130 valence electrons. The number of anilines is 1. The van der Waals surface area contributed by atoms with Crippen LogP contribution in [0.3, 0.4) is 0 Å². The SMILES string of the molecule is Cc1ccc(Oc2ccc(NC(=O)C3CC34CCNCC4)cn2)cc1. The van der Waals surface area contributed by atoms with Crippen molar-refractivity contribution in [1.82, 2.24) is 10.3 Å². The van der Waals surface area contributed by atoms with Crippen LogP contribution < -0.4 is 15.4 Å². The van der Waals surface area contributed by atoms with Crippen molar-refractivity contribution >= 4 is 11.6 Å². The number of aromatic nitrogens is 1. The van der Waals surface area contributed by atoms with Crippen LogP contribution in [0.4, 0.5) is 5.69 Å². The molecule has 2 aromatic rings. The minimum Gasteiger partial charge on any atom is -0.439 e. The number of pyridine rings is 1. The van der Waals surface area contributed by atoms with Gasteiger partial charge in [-0.2, -0.15) is 0 Å². The Bertz CT molecular complexity index is 750. The van der Waals surface area contributed by atoms with Gasteiger partial charge >= 0.3 is 0 Å². The molecule has 1 amide bonds. The van der Waals surface area contributed by atoms with Crippen molar-refractivity contribution in [3.8, 4) is 11.6 Å². The average Bonchev–Trinajstić information content (AvgIpc) is 3.32. The molecular formula is C20H23N3O2. The van der Waals surface area contributed by atoms with Gasteiger partial charge in [-0.3, -0.25) is 4.79 Å². The maximum absolute atomic E-state index is 12.5. The lowest BCUT2D eigenvalue weighted by Gasteiger charge is -2.23. The molecule has 0 radical (unpaired) electrons. The molecule has 25 heavy (non-hydrogen) atoms. The number of carbonyl (C=O) groups excluding carboxylic acids is 1. The molecule has 1 aromatic heterocycles. The Kier molecular flexibility index (Phi) is 4.17. The molecule has 4 rings (SSSR count). The van der Waals surface area contributed by atoms with Gasteiger partial charge in [-0.05, 0) is 62.9 Å². The third-order valence-corrected chi connectivity index (χ3v) is 5.35. The van der Waals surface area contributed by atoms with Crippen LogP contribution in [0.25, 0.3) is 0 Å². The van der Waals surface area contributed by atoms with E-state index in [0.29, 0.717) is 5.88 Å². The summed E-state index contributed by atoms with van der Waals surface area (Å²) in [7, 11) is 0. The highest BCUT2D eigenvalue weighted by Crippen LogP contribution is 2.58. The van der Waals surface area contributed by atoms with Gasteiger partial charge in [0.2, 0.25) is 11.8 Å². The van der Waals surface area contributed by atoms with E-state index in [2.05, 4.69) is 15.6 Å². The van der Waals surface area contributed by atoms with Crippen molar-refractivity contribution in [1.29, 1.82) is 0 Å². The van der Waals surface area contributed by atoms with Gasteiger partial charge in [0.15, 0.2) is 0 Å². The summed E-state index contributed by atoms with van der Waals surface area (Å²) in [4.78, 5) is 16.8. The fourth-order valence-corrected chi connectivity index (χ4v) is 3.67. The van der Waals surface area contributed by atoms with Gasteiger partial charge in [0.25, 0.3) is 0 Å². The maximum Gasteiger partial charge on any atom is 0.228 e. The molecule has 5 heteroatoms. The first kappa shape index (κ1) is 16.1. The van der Waals surface area contributed by atoms with E-state index in [1.807, 2.05) is 37.3 Å². The first-order chi connectivity index (χ1) is 12.1. The van der Waals surface area contributed by atoms with Crippen molar-refractivity contribution in [2.24, 2.45) is 11.3 Å². The van der Waals surface area contributed by atoms with Gasteiger partial charge in [-0.25, -0.2) is 4.98 Å². The molecular weight excluding hydrogens is 314 g/mol. The molecule has 1 aliphatic carbocycles. The monoisotopic (exact) mass is 337 g/mol. The number of aryl methyl sites for hydroxylation is 1. The molecule has 2 N–H and O–H groups in total. The second-order valence-corrected chi connectivity index (χ2v) is 7.16. The Hall–Kier alpha value is -2.40. The number of hydrogen-bond acceptors (Lipinski definition) is 4. The molecule has 1 unspecified atom stereocenters.